The molecule has 2 aromatic rings. The highest BCUT2D eigenvalue weighted by Crippen LogP contribution is 2.28. The van der Waals surface area contributed by atoms with Crippen molar-refractivity contribution in [3.8, 4) is 5.75 Å². The molecule has 0 aliphatic rings. The third kappa shape index (κ3) is 3.14. The molecule has 0 radical (unpaired) electrons. The smallest absolute Gasteiger partial charge is 0.140 e. The number of anilines is 1. The van der Waals surface area contributed by atoms with E-state index in [0.29, 0.717) is 23.1 Å². The predicted molar refractivity (Wildman–Crippen MR) is 74.3 cm³/mol. The van der Waals surface area contributed by atoms with Gasteiger partial charge >= 0.3 is 0 Å². The number of rotatable bonds is 3. The normalized spacial score (nSPS) is 10.2. The first-order chi connectivity index (χ1) is 8.16. The Kier molecular flexibility index (Phi) is 3.92. The van der Waals surface area contributed by atoms with E-state index < -0.39 is 0 Å². The number of hydrogen-bond donors (Lipinski definition) is 1. The highest BCUT2D eigenvalue weighted by molar-refractivity contribution is 9.10. The van der Waals surface area contributed by atoms with Gasteiger partial charge in [-0.1, -0.05) is 45.7 Å². The maximum absolute atomic E-state index is 6.01. The number of ether oxygens (including phenoxy) is 1. The molecule has 0 amide bonds. The van der Waals surface area contributed by atoms with Crippen LogP contribution in [0.3, 0.4) is 0 Å². The van der Waals surface area contributed by atoms with E-state index in [-0.39, 0.29) is 0 Å². The van der Waals surface area contributed by atoms with Crippen molar-refractivity contribution in [2.75, 3.05) is 5.73 Å². The van der Waals surface area contributed by atoms with Gasteiger partial charge in [-0.3, -0.25) is 0 Å². The van der Waals surface area contributed by atoms with Crippen molar-refractivity contribution < 1.29 is 4.74 Å². The minimum absolute atomic E-state index is 0.449. The zero-order valence-electron chi connectivity index (χ0n) is 8.99. The summed E-state index contributed by atoms with van der Waals surface area (Å²) >= 11 is 9.48. The molecule has 0 saturated carbocycles. The molecular formula is C13H11BrClNO. The molecule has 0 spiro atoms. The van der Waals surface area contributed by atoms with Gasteiger partial charge in [-0.05, 0) is 18.2 Å². The SMILES string of the molecule is Nc1ccc(Cl)c(OCc2ccccc2Br)c1. The van der Waals surface area contributed by atoms with Gasteiger partial charge in [-0.2, -0.15) is 0 Å². The lowest BCUT2D eigenvalue weighted by Gasteiger charge is -2.09. The van der Waals surface area contributed by atoms with Crippen LogP contribution in [0.4, 0.5) is 5.69 Å². The van der Waals surface area contributed by atoms with Crippen LogP contribution in [-0.4, -0.2) is 0 Å². The fraction of sp³-hybridized carbons (Fsp3) is 0.0769. The number of nitrogen functional groups attached to an aromatic ring is 1. The molecular weight excluding hydrogens is 302 g/mol. The minimum Gasteiger partial charge on any atom is -0.487 e. The Labute approximate surface area is 113 Å². The third-order valence-corrected chi connectivity index (χ3v) is 3.38. The van der Waals surface area contributed by atoms with Crippen LogP contribution in [0.25, 0.3) is 0 Å². The van der Waals surface area contributed by atoms with E-state index in [4.69, 9.17) is 22.1 Å². The van der Waals surface area contributed by atoms with Gasteiger partial charge in [0.15, 0.2) is 0 Å². The predicted octanol–water partition coefficient (Wildman–Crippen LogP) is 4.26. The van der Waals surface area contributed by atoms with E-state index in [1.807, 2.05) is 24.3 Å². The quantitative estimate of drug-likeness (QED) is 0.859. The lowest BCUT2D eigenvalue weighted by Crippen LogP contribution is -1.97. The molecule has 0 fully saturated rings. The van der Waals surface area contributed by atoms with E-state index in [1.165, 1.54) is 0 Å². The Bertz CT molecular complexity index is 531. The van der Waals surface area contributed by atoms with Crippen molar-refractivity contribution in [3.63, 3.8) is 0 Å². The van der Waals surface area contributed by atoms with E-state index in [9.17, 15) is 0 Å². The lowest BCUT2D eigenvalue weighted by molar-refractivity contribution is 0.306. The van der Waals surface area contributed by atoms with E-state index >= 15 is 0 Å². The third-order valence-electron chi connectivity index (χ3n) is 2.30. The summed E-state index contributed by atoms with van der Waals surface area (Å²) in [4.78, 5) is 0. The first-order valence-electron chi connectivity index (χ1n) is 5.08. The largest absolute Gasteiger partial charge is 0.487 e. The first kappa shape index (κ1) is 12.3. The molecule has 0 aromatic heterocycles. The highest BCUT2D eigenvalue weighted by atomic mass is 79.9. The molecule has 0 heterocycles. The van der Waals surface area contributed by atoms with E-state index in [0.717, 1.165) is 10.0 Å². The zero-order valence-corrected chi connectivity index (χ0v) is 11.3. The molecule has 2 aromatic carbocycles. The van der Waals surface area contributed by atoms with E-state index in [1.54, 1.807) is 18.2 Å². The zero-order chi connectivity index (χ0) is 12.3. The molecule has 0 aliphatic carbocycles. The summed E-state index contributed by atoms with van der Waals surface area (Å²) in [5, 5.41) is 0.561. The van der Waals surface area contributed by atoms with Crippen LogP contribution in [0.15, 0.2) is 46.9 Å². The second-order valence-corrected chi connectivity index (χ2v) is 4.83. The van der Waals surface area contributed by atoms with Crippen LogP contribution in [-0.2, 0) is 6.61 Å². The topological polar surface area (TPSA) is 35.2 Å². The Balaban J connectivity index is 2.12. The molecule has 2 nitrogen and oxygen atoms in total. The molecule has 0 unspecified atom stereocenters. The van der Waals surface area contributed by atoms with Gasteiger partial charge in [0.2, 0.25) is 0 Å². The van der Waals surface area contributed by atoms with Crippen molar-refractivity contribution in [3.05, 3.63) is 57.5 Å². The fourth-order valence-electron chi connectivity index (χ4n) is 1.40. The number of halogens is 2. The number of nitrogens with two attached hydrogens (primary N) is 1. The van der Waals surface area contributed by atoms with Crippen LogP contribution in [0.5, 0.6) is 5.75 Å². The molecule has 88 valence electrons. The average molecular weight is 313 g/mol. The minimum atomic E-state index is 0.449. The van der Waals surface area contributed by atoms with Crippen molar-refractivity contribution >= 4 is 33.2 Å². The lowest BCUT2D eigenvalue weighted by atomic mass is 10.2. The van der Waals surface area contributed by atoms with Crippen LogP contribution in [0.2, 0.25) is 5.02 Å². The Morgan fingerprint density at radius 3 is 2.71 bits per heavy atom. The van der Waals surface area contributed by atoms with Gasteiger partial charge in [-0.15, -0.1) is 0 Å². The van der Waals surface area contributed by atoms with Crippen molar-refractivity contribution in [1.29, 1.82) is 0 Å². The monoisotopic (exact) mass is 311 g/mol. The van der Waals surface area contributed by atoms with Crippen molar-refractivity contribution in [2.24, 2.45) is 0 Å². The maximum Gasteiger partial charge on any atom is 0.140 e. The summed E-state index contributed by atoms with van der Waals surface area (Å²) in [6, 6.07) is 13.1. The molecule has 0 atom stereocenters. The van der Waals surface area contributed by atoms with Gasteiger partial charge in [0.1, 0.15) is 12.4 Å². The summed E-state index contributed by atoms with van der Waals surface area (Å²) in [6.07, 6.45) is 0. The van der Waals surface area contributed by atoms with Gasteiger partial charge in [-0.25, -0.2) is 0 Å². The summed E-state index contributed by atoms with van der Waals surface area (Å²) in [5.41, 5.74) is 7.38. The summed E-state index contributed by atoms with van der Waals surface area (Å²) < 4.78 is 6.66. The summed E-state index contributed by atoms with van der Waals surface area (Å²) in [6.45, 7) is 0.449. The van der Waals surface area contributed by atoms with Crippen LogP contribution in [0, 0.1) is 0 Å². The van der Waals surface area contributed by atoms with Crippen molar-refractivity contribution in [2.45, 2.75) is 6.61 Å². The fourth-order valence-corrected chi connectivity index (χ4v) is 1.97. The van der Waals surface area contributed by atoms with Gasteiger partial charge in [0.05, 0.1) is 5.02 Å². The number of benzene rings is 2. The molecule has 0 aliphatic heterocycles. The average Bonchev–Trinajstić information content (AvgIpc) is 2.32. The first-order valence-corrected chi connectivity index (χ1v) is 6.25. The second-order valence-electron chi connectivity index (χ2n) is 3.57. The Hall–Kier alpha value is -1.19. The summed E-state index contributed by atoms with van der Waals surface area (Å²) in [7, 11) is 0. The maximum atomic E-state index is 6.01. The molecule has 4 heteroatoms. The summed E-state index contributed by atoms with van der Waals surface area (Å²) in [5.74, 6) is 0.599. The Morgan fingerprint density at radius 2 is 1.94 bits per heavy atom. The highest BCUT2D eigenvalue weighted by Gasteiger charge is 2.04. The van der Waals surface area contributed by atoms with Crippen molar-refractivity contribution in [1.82, 2.24) is 0 Å². The molecule has 2 N–H and O–H groups in total. The van der Waals surface area contributed by atoms with Gasteiger partial charge in [0.25, 0.3) is 0 Å². The second kappa shape index (κ2) is 5.43. The van der Waals surface area contributed by atoms with Crippen LogP contribution < -0.4 is 10.5 Å². The molecule has 0 saturated heterocycles. The molecule has 17 heavy (non-hydrogen) atoms. The van der Waals surface area contributed by atoms with Crippen LogP contribution in [0.1, 0.15) is 5.56 Å². The van der Waals surface area contributed by atoms with Gasteiger partial charge < -0.3 is 10.5 Å². The standard InChI is InChI=1S/C13H11BrClNO/c14-11-4-2-1-3-9(11)8-17-13-7-10(16)5-6-12(13)15/h1-7H,8,16H2. The van der Waals surface area contributed by atoms with Gasteiger partial charge in [0, 0.05) is 21.8 Å². The number of hydrogen-bond acceptors (Lipinski definition) is 2. The molecule has 0 bridgehead atoms. The van der Waals surface area contributed by atoms with Crippen LogP contribution >= 0.6 is 27.5 Å². The van der Waals surface area contributed by atoms with E-state index in [2.05, 4.69) is 15.9 Å². The Morgan fingerprint density at radius 1 is 1.18 bits per heavy atom. The molecule has 2 rings (SSSR count).